The number of aliphatic hydroxyl groups excluding tert-OH is 1. The highest BCUT2D eigenvalue weighted by molar-refractivity contribution is 14.0. The van der Waals surface area contributed by atoms with Crippen molar-refractivity contribution in [2.45, 2.75) is 19.4 Å². The molecular formula is C22H31ClIN3O3. The van der Waals surface area contributed by atoms with Gasteiger partial charge in [-0.15, -0.1) is 24.0 Å². The lowest BCUT2D eigenvalue weighted by molar-refractivity contribution is 0.187. The van der Waals surface area contributed by atoms with Crippen molar-refractivity contribution in [1.29, 1.82) is 0 Å². The van der Waals surface area contributed by atoms with Crippen LogP contribution in [0.5, 0.6) is 11.5 Å². The van der Waals surface area contributed by atoms with Gasteiger partial charge in [0.15, 0.2) is 17.5 Å². The molecule has 0 aromatic heterocycles. The molecule has 0 bridgehead atoms. The summed E-state index contributed by atoms with van der Waals surface area (Å²) >= 11 is 6.17. The maximum absolute atomic E-state index is 10.5. The van der Waals surface area contributed by atoms with Crippen molar-refractivity contribution in [2.75, 3.05) is 40.9 Å². The van der Waals surface area contributed by atoms with Gasteiger partial charge in [0.05, 0.1) is 20.8 Å². The van der Waals surface area contributed by atoms with E-state index in [9.17, 15) is 5.11 Å². The van der Waals surface area contributed by atoms with Crippen LogP contribution in [0.25, 0.3) is 0 Å². The number of nitrogens with zero attached hydrogens (tertiary/aromatic N) is 2. The van der Waals surface area contributed by atoms with Crippen LogP contribution in [0, 0.1) is 0 Å². The molecule has 0 spiro atoms. The molecule has 6 nitrogen and oxygen atoms in total. The molecule has 2 aromatic carbocycles. The third-order valence-electron chi connectivity index (χ3n) is 4.56. The molecule has 0 saturated heterocycles. The van der Waals surface area contributed by atoms with Gasteiger partial charge in [-0.3, -0.25) is 4.99 Å². The Balaban J connectivity index is 0.00000450. The Kier molecular flexibility index (Phi) is 11.9. The van der Waals surface area contributed by atoms with Crippen LogP contribution in [0.15, 0.2) is 47.5 Å². The van der Waals surface area contributed by atoms with Crippen molar-refractivity contribution < 1.29 is 14.6 Å². The Hall–Kier alpha value is -1.71. The summed E-state index contributed by atoms with van der Waals surface area (Å²) in [5.41, 5.74) is 1.82. The van der Waals surface area contributed by atoms with Gasteiger partial charge in [0.2, 0.25) is 0 Å². The SMILES string of the molecule is CCNC(=NCC(O)c1ccccc1Cl)N(C)CCc1ccc(OC)c(OC)c1.I. The number of methoxy groups -OCH3 is 2. The van der Waals surface area contributed by atoms with Crippen molar-refractivity contribution in [1.82, 2.24) is 10.2 Å². The lowest BCUT2D eigenvalue weighted by atomic mass is 10.1. The molecule has 8 heteroatoms. The molecule has 2 aromatic rings. The maximum Gasteiger partial charge on any atom is 0.193 e. The Labute approximate surface area is 201 Å². The molecule has 2 rings (SSSR count). The lowest BCUT2D eigenvalue weighted by Gasteiger charge is -2.23. The maximum atomic E-state index is 10.5. The number of likely N-dealkylation sites (N-methyl/N-ethyl adjacent to an activating group) is 1. The number of ether oxygens (including phenoxy) is 2. The molecule has 0 amide bonds. The minimum atomic E-state index is -0.753. The number of hydrogen-bond acceptors (Lipinski definition) is 4. The first-order valence-corrected chi connectivity index (χ1v) is 10.0. The van der Waals surface area contributed by atoms with Crippen LogP contribution < -0.4 is 14.8 Å². The topological polar surface area (TPSA) is 66.3 Å². The molecule has 30 heavy (non-hydrogen) atoms. The van der Waals surface area contributed by atoms with Gasteiger partial charge < -0.3 is 24.8 Å². The van der Waals surface area contributed by atoms with E-state index in [0.717, 1.165) is 36.8 Å². The van der Waals surface area contributed by atoms with Gasteiger partial charge in [-0.05, 0) is 37.1 Å². The number of hydrogen-bond donors (Lipinski definition) is 2. The lowest BCUT2D eigenvalue weighted by Crippen LogP contribution is -2.40. The summed E-state index contributed by atoms with van der Waals surface area (Å²) in [6, 6.07) is 13.2. The molecular weight excluding hydrogens is 517 g/mol. The van der Waals surface area contributed by atoms with Gasteiger partial charge in [-0.1, -0.05) is 35.9 Å². The quantitative estimate of drug-likeness (QED) is 0.281. The Morgan fingerprint density at radius 2 is 1.87 bits per heavy atom. The third kappa shape index (κ3) is 7.52. The van der Waals surface area contributed by atoms with Crippen molar-refractivity contribution in [3.63, 3.8) is 0 Å². The third-order valence-corrected chi connectivity index (χ3v) is 4.90. The van der Waals surface area contributed by atoms with Crippen LogP contribution in [-0.4, -0.2) is 56.9 Å². The van der Waals surface area contributed by atoms with Crippen molar-refractivity contribution >= 4 is 41.5 Å². The predicted octanol–water partition coefficient (Wildman–Crippen LogP) is 4.15. The number of aliphatic hydroxyl groups is 1. The highest BCUT2D eigenvalue weighted by Gasteiger charge is 2.13. The van der Waals surface area contributed by atoms with Gasteiger partial charge in [0.1, 0.15) is 6.10 Å². The second kappa shape index (κ2) is 13.6. The van der Waals surface area contributed by atoms with E-state index in [-0.39, 0.29) is 30.5 Å². The number of benzene rings is 2. The van der Waals surface area contributed by atoms with Crippen LogP contribution in [-0.2, 0) is 6.42 Å². The largest absolute Gasteiger partial charge is 0.493 e. The van der Waals surface area contributed by atoms with E-state index in [1.54, 1.807) is 20.3 Å². The van der Waals surface area contributed by atoms with Crippen molar-refractivity contribution in [2.24, 2.45) is 4.99 Å². The fourth-order valence-electron chi connectivity index (χ4n) is 2.93. The van der Waals surface area contributed by atoms with Crippen LogP contribution in [0.3, 0.4) is 0 Å². The van der Waals surface area contributed by atoms with Crippen molar-refractivity contribution in [3.8, 4) is 11.5 Å². The van der Waals surface area contributed by atoms with Gasteiger partial charge in [0.25, 0.3) is 0 Å². The van der Waals surface area contributed by atoms with Gasteiger partial charge in [-0.25, -0.2) is 0 Å². The molecule has 0 aliphatic rings. The van der Waals surface area contributed by atoms with Gasteiger partial charge in [0, 0.05) is 30.7 Å². The molecule has 0 heterocycles. The van der Waals surface area contributed by atoms with Crippen LogP contribution in [0.4, 0.5) is 0 Å². The second-order valence-electron chi connectivity index (χ2n) is 6.59. The fourth-order valence-corrected chi connectivity index (χ4v) is 3.19. The van der Waals surface area contributed by atoms with Crippen LogP contribution in [0.1, 0.15) is 24.2 Å². The second-order valence-corrected chi connectivity index (χ2v) is 7.00. The summed E-state index contributed by atoms with van der Waals surface area (Å²) in [6.07, 6.45) is 0.0607. The van der Waals surface area contributed by atoms with E-state index in [1.165, 1.54) is 0 Å². The summed E-state index contributed by atoms with van der Waals surface area (Å²) in [5.74, 6) is 2.17. The first-order chi connectivity index (χ1) is 14.0. The molecule has 0 aliphatic carbocycles. The molecule has 1 atom stereocenters. The zero-order chi connectivity index (χ0) is 21.2. The number of aliphatic imine (C=N–C) groups is 1. The molecule has 2 N–H and O–H groups in total. The van der Waals surface area contributed by atoms with E-state index < -0.39 is 6.10 Å². The highest BCUT2D eigenvalue weighted by atomic mass is 127. The number of guanidine groups is 1. The van der Waals surface area contributed by atoms with E-state index in [1.807, 2.05) is 55.3 Å². The Morgan fingerprint density at radius 1 is 1.17 bits per heavy atom. The highest BCUT2D eigenvalue weighted by Crippen LogP contribution is 2.27. The predicted molar refractivity (Wildman–Crippen MR) is 134 cm³/mol. The average molecular weight is 548 g/mol. The van der Waals surface area contributed by atoms with Crippen LogP contribution >= 0.6 is 35.6 Å². The smallest absolute Gasteiger partial charge is 0.193 e. The zero-order valence-electron chi connectivity index (χ0n) is 17.9. The zero-order valence-corrected chi connectivity index (χ0v) is 21.0. The summed E-state index contributed by atoms with van der Waals surface area (Å²) in [5, 5.41) is 14.3. The molecule has 1 unspecified atom stereocenters. The van der Waals surface area contributed by atoms with E-state index in [2.05, 4.69) is 10.3 Å². The first-order valence-electron chi connectivity index (χ1n) is 9.63. The standard InChI is InChI=1S/C22H30ClN3O3.HI/c1-5-24-22(25-15-19(27)17-8-6-7-9-18(17)23)26(2)13-12-16-10-11-20(28-3)21(14-16)29-4;/h6-11,14,19,27H,5,12-13,15H2,1-4H3,(H,24,25);1H. The molecule has 0 fully saturated rings. The molecule has 0 radical (unpaired) electrons. The Bertz CT molecular complexity index is 820. The summed E-state index contributed by atoms with van der Waals surface area (Å²) in [6.45, 7) is 3.74. The molecule has 0 saturated carbocycles. The Morgan fingerprint density at radius 3 is 2.50 bits per heavy atom. The van der Waals surface area contributed by atoms with Crippen molar-refractivity contribution in [3.05, 3.63) is 58.6 Å². The van der Waals surface area contributed by atoms with E-state index in [4.69, 9.17) is 21.1 Å². The fraction of sp³-hybridized carbons (Fsp3) is 0.409. The van der Waals surface area contributed by atoms with Gasteiger partial charge in [-0.2, -0.15) is 0 Å². The minimum absolute atomic E-state index is 0. The average Bonchev–Trinajstić information content (AvgIpc) is 2.74. The summed E-state index contributed by atoms with van der Waals surface area (Å²) < 4.78 is 10.7. The minimum Gasteiger partial charge on any atom is -0.493 e. The van der Waals surface area contributed by atoms with Crippen LogP contribution in [0.2, 0.25) is 5.02 Å². The molecule has 166 valence electrons. The first kappa shape index (κ1) is 26.3. The normalized spacial score (nSPS) is 12.0. The molecule has 0 aliphatic heterocycles. The number of nitrogens with one attached hydrogen (secondary N) is 1. The number of halogens is 2. The number of rotatable bonds is 9. The van der Waals surface area contributed by atoms with E-state index in [0.29, 0.717) is 16.3 Å². The summed E-state index contributed by atoms with van der Waals surface area (Å²) in [4.78, 5) is 6.62. The van der Waals surface area contributed by atoms with Gasteiger partial charge >= 0.3 is 0 Å². The monoisotopic (exact) mass is 547 g/mol. The van der Waals surface area contributed by atoms with E-state index >= 15 is 0 Å². The summed E-state index contributed by atoms with van der Waals surface area (Å²) in [7, 11) is 5.24.